The lowest BCUT2D eigenvalue weighted by atomic mass is 10.2. The van der Waals surface area contributed by atoms with Crippen LogP contribution in [0.5, 0.6) is 0 Å². The molecular formula is C11H10BrF3N2. The van der Waals surface area contributed by atoms with Gasteiger partial charge in [-0.05, 0) is 12.1 Å². The van der Waals surface area contributed by atoms with Gasteiger partial charge in [-0.1, -0.05) is 22.9 Å². The Morgan fingerprint density at radius 2 is 2.00 bits per heavy atom. The molecule has 0 saturated carbocycles. The number of benzene rings is 1. The number of hydrogen-bond donors (Lipinski definition) is 0. The van der Waals surface area contributed by atoms with Gasteiger partial charge < -0.3 is 4.57 Å². The van der Waals surface area contributed by atoms with Gasteiger partial charge in [-0.2, -0.15) is 13.2 Å². The van der Waals surface area contributed by atoms with E-state index >= 15 is 0 Å². The molecule has 0 N–H and O–H groups in total. The molecular weight excluding hydrogens is 297 g/mol. The third kappa shape index (κ3) is 2.06. The summed E-state index contributed by atoms with van der Waals surface area (Å²) in [7, 11) is 1.72. The number of aryl methyl sites for hydroxylation is 2. The van der Waals surface area contributed by atoms with Gasteiger partial charge in [0.2, 0.25) is 0 Å². The van der Waals surface area contributed by atoms with Gasteiger partial charge in [0.1, 0.15) is 5.82 Å². The van der Waals surface area contributed by atoms with Crippen LogP contribution in [0.25, 0.3) is 11.0 Å². The molecule has 2 aromatic rings. The number of fused-ring (bicyclic) bond motifs is 1. The molecule has 17 heavy (non-hydrogen) atoms. The van der Waals surface area contributed by atoms with Gasteiger partial charge >= 0.3 is 6.18 Å². The SMILES string of the molecule is CCc1nc2cc(Br)c(C(F)(F)F)cc2n1C. The Labute approximate surface area is 105 Å². The molecule has 0 saturated heterocycles. The van der Waals surface area contributed by atoms with Crippen molar-refractivity contribution in [3.8, 4) is 0 Å². The lowest BCUT2D eigenvalue weighted by Gasteiger charge is -2.09. The second-order valence-electron chi connectivity index (χ2n) is 3.76. The molecule has 92 valence electrons. The number of rotatable bonds is 1. The van der Waals surface area contributed by atoms with Crippen molar-refractivity contribution >= 4 is 27.0 Å². The summed E-state index contributed by atoms with van der Waals surface area (Å²) in [4.78, 5) is 4.28. The van der Waals surface area contributed by atoms with Gasteiger partial charge in [-0.3, -0.25) is 0 Å². The fourth-order valence-corrected chi connectivity index (χ4v) is 2.35. The molecule has 2 nitrogen and oxygen atoms in total. The zero-order valence-electron chi connectivity index (χ0n) is 9.27. The van der Waals surface area contributed by atoms with Crippen LogP contribution in [-0.2, 0) is 19.6 Å². The number of alkyl halides is 3. The van der Waals surface area contributed by atoms with E-state index in [9.17, 15) is 13.2 Å². The Kier molecular flexibility index (Phi) is 2.93. The highest BCUT2D eigenvalue weighted by Crippen LogP contribution is 2.37. The third-order valence-electron chi connectivity index (χ3n) is 2.68. The quantitative estimate of drug-likeness (QED) is 0.781. The van der Waals surface area contributed by atoms with Crippen LogP contribution >= 0.6 is 15.9 Å². The maximum absolute atomic E-state index is 12.7. The monoisotopic (exact) mass is 306 g/mol. The van der Waals surface area contributed by atoms with Crippen molar-refractivity contribution in [2.24, 2.45) is 7.05 Å². The van der Waals surface area contributed by atoms with Crippen LogP contribution in [0.2, 0.25) is 0 Å². The molecule has 0 spiro atoms. The summed E-state index contributed by atoms with van der Waals surface area (Å²) in [5.41, 5.74) is 0.400. The molecule has 0 aliphatic heterocycles. The van der Waals surface area contributed by atoms with E-state index in [1.807, 2.05) is 6.92 Å². The normalized spacial score (nSPS) is 12.4. The van der Waals surface area contributed by atoms with E-state index in [4.69, 9.17) is 0 Å². The number of imidazole rings is 1. The molecule has 6 heteroatoms. The Bertz CT molecular complexity index is 572. The van der Waals surface area contributed by atoms with Gasteiger partial charge in [0.15, 0.2) is 0 Å². The van der Waals surface area contributed by atoms with Gasteiger partial charge in [0.05, 0.1) is 16.6 Å². The molecule has 0 unspecified atom stereocenters. The lowest BCUT2D eigenvalue weighted by Crippen LogP contribution is -2.06. The highest BCUT2D eigenvalue weighted by atomic mass is 79.9. The van der Waals surface area contributed by atoms with E-state index in [1.165, 1.54) is 6.07 Å². The van der Waals surface area contributed by atoms with Gasteiger partial charge in [-0.15, -0.1) is 0 Å². The molecule has 0 atom stereocenters. The summed E-state index contributed by atoms with van der Waals surface area (Å²) in [6, 6.07) is 2.54. The largest absolute Gasteiger partial charge is 0.417 e. The zero-order valence-corrected chi connectivity index (χ0v) is 10.9. The first kappa shape index (κ1) is 12.4. The average molecular weight is 307 g/mol. The summed E-state index contributed by atoms with van der Waals surface area (Å²) in [6.45, 7) is 1.92. The van der Waals surface area contributed by atoms with Crippen LogP contribution in [0.3, 0.4) is 0 Å². The first-order chi connectivity index (χ1) is 7.84. The highest BCUT2D eigenvalue weighted by molar-refractivity contribution is 9.10. The Balaban J connectivity index is 2.75. The van der Waals surface area contributed by atoms with E-state index in [0.717, 1.165) is 11.9 Å². The Morgan fingerprint density at radius 1 is 1.35 bits per heavy atom. The summed E-state index contributed by atoms with van der Waals surface area (Å²) in [5.74, 6) is 0.770. The third-order valence-corrected chi connectivity index (χ3v) is 3.34. The molecule has 1 aromatic heterocycles. The van der Waals surface area contributed by atoms with Gasteiger partial charge in [0, 0.05) is 17.9 Å². The molecule has 0 bridgehead atoms. The lowest BCUT2D eigenvalue weighted by molar-refractivity contribution is -0.138. The van der Waals surface area contributed by atoms with Crippen molar-refractivity contribution in [2.75, 3.05) is 0 Å². The minimum atomic E-state index is -4.36. The van der Waals surface area contributed by atoms with Crippen molar-refractivity contribution in [2.45, 2.75) is 19.5 Å². The molecule has 0 aliphatic rings. The maximum atomic E-state index is 12.7. The molecule has 2 rings (SSSR count). The fourth-order valence-electron chi connectivity index (χ4n) is 1.80. The van der Waals surface area contributed by atoms with Crippen LogP contribution in [0.1, 0.15) is 18.3 Å². The van der Waals surface area contributed by atoms with Crippen molar-refractivity contribution in [3.05, 3.63) is 28.0 Å². The van der Waals surface area contributed by atoms with Crippen LogP contribution in [0, 0.1) is 0 Å². The predicted molar refractivity (Wildman–Crippen MR) is 62.8 cm³/mol. The van der Waals surface area contributed by atoms with E-state index < -0.39 is 11.7 Å². The smallest absolute Gasteiger partial charge is 0.331 e. The molecule has 0 aliphatic carbocycles. The molecule has 1 aromatic carbocycles. The van der Waals surface area contributed by atoms with E-state index in [-0.39, 0.29) is 4.47 Å². The standard InChI is InChI=1S/C11H10BrF3N2/c1-3-10-16-8-5-7(12)6(11(13,14)15)4-9(8)17(10)2/h4-5H,3H2,1-2H3. The average Bonchev–Trinajstić information content (AvgIpc) is 2.52. The molecule has 0 fully saturated rings. The first-order valence-electron chi connectivity index (χ1n) is 5.06. The van der Waals surface area contributed by atoms with E-state index in [2.05, 4.69) is 20.9 Å². The van der Waals surface area contributed by atoms with Crippen LogP contribution in [0.4, 0.5) is 13.2 Å². The van der Waals surface area contributed by atoms with Crippen molar-refractivity contribution < 1.29 is 13.2 Å². The zero-order chi connectivity index (χ0) is 12.8. The maximum Gasteiger partial charge on any atom is 0.417 e. The molecule has 0 radical (unpaired) electrons. The number of halogens is 4. The second kappa shape index (κ2) is 4.01. The second-order valence-corrected chi connectivity index (χ2v) is 4.61. The number of hydrogen-bond acceptors (Lipinski definition) is 1. The molecule has 1 heterocycles. The summed E-state index contributed by atoms with van der Waals surface area (Å²) in [5, 5.41) is 0. The Hall–Kier alpha value is -1.04. The number of aromatic nitrogens is 2. The summed E-state index contributed by atoms with van der Waals surface area (Å²) in [6.07, 6.45) is -3.67. The number of nitrogens with zero attached hydrogens (tertiary/aromatic N) is 2. The predicted octanol–water partition coefficient (Wildman–Crippen LogP) is 3.92. The minimum Gasteiger partial charge on any atom is -0.331 e. The van der Waals surface area contributed by atoms with Crippen LogP contribution in [0.15, 0.2) is 16.6 Å². The summed E-state index contributed by atoms with van der Waals surface area (Å²) < 4.78 is 39.9. The molecule has 0 amide bonds. The van der Waals surface area contributed by atoms with Crippen LogP contribution in [-0.4, -0.2) is 9.55 Å². The van der Waals surface area contributed by atoms with Crippen molar-refractivity contribution in [1.82, 2.24) is 9.55 Å². The highest BCUT2D eigenvalue weighted by Gasteiger charge is 2.33. The Morgan fingerprint density at radius 3 is 2.53 bits per heavy atom. The topological polar surface area (TPSA) is 17.8 Å². The van der Waals surface area contributed by atoms with Gasteiger partial charge in [0.25, 0.3) is 0 Å². The van der Waals surface area contributed by atoms with Crippen LogP contribution < -0.4 is 0 Å². The summed E-state index contributed by atoms with van der Waals surface area (Å²) >= 11 is 2.94. The van der Waals surface area contributed by atoms with Crippen molar-refractivity contribution in [1.29, 1.82) is 0 Å². The fraction of sp³-hybridized carbons (Fsp3) is 0.364. The van der Waals surface area contributed by atoms with Gasteiger partial charge in [-0.25, -0.2) is 4.98 Å². The van der Waals surface area contributed by atoms with E-state index in [1.54, 1.807) is 11.6 Å². The minimum absolute atomic E-state index is 0.0262. The first-order valence-corrected chi connectivity index (χ1v) is 5.86. The van der Waals surface area contributed by atoms with E-state index in [0.29, 0.717) is 17.5 Å². The van der Waals surface area contributed by atoms with Crippen molar-refractivity contribution in [3.63, 3.8) is 0 Å².